The van der Waals surface area contributed by atoms with Crippen LogP contribution in [0.2, 0.25) is 0 Å². The Morgan fingerprint density at radius 3 is 2.87 bits per heavy atom. The summed E-state index contributed by atoms with van der Waals surface area (Å²) >= 11 is 0. The van der Waals surface area contributed by atoms with Crippen molar-refractivity contribution in [2.75, 3.05) is 6.54 Å². The van der Waals surface area contributed by atoms with Gasteiger partial charge in [-0.2, -0.15) is 0 Å². The number of nitrogens with two attached hydrogens (primary N) is 1. The van der Waals surface area contributed by atoms with Crippen molar-refractivity contribution in [1.82, 2.24) is 9.97 Å². The number of para-hydroxylation sites is 1. The molecule has 1 aromatic carbocycles. The first-order chi connectivity index (χ1) is 7.22. The lowest BCUT2D eigenvalue weighted by Crippen LogP contribution is -2.07. The van der Waals surface area contributed by atoms with Crippen LogP contribution in [0.4, 0.5) is 4.39 Å². The van der Waals surface area contributed by atoms with Gasteiger partial charge in [0.15, 0.2) is 0 Å². The van der Waals surface area contributed by atoms with E-state index in [2.05, 4.69) is 9.97 Å². The molecule has 0 bridgehead atoms. The second-order valence-corrected chi connectivity index (χ2v) is 3.40. The molecule has 2 N–H and O–H groups in total. The minimum absolute atomic E-state index is 0.309. The first-order valence-electron chi connectivity index (χ1n) is 4.84. The van der Waals surface area contributed by atoms with Crippen molar-refractivity contribution >= 4 is 10.9 Å². The quantitative estimate of drug-likeness (QED) is 0.809. The minimum Gasteiger partial charge on any atom is -0.330 e. The smallest absolute Gasteiger partial charge is 0.149 e. The van der Waals surface area contributed by atoms with E-state index in [-0.39, 0.29) is 5.82 Å². The molecule has 0 unspecified atom stereocenters. The van der Waals surface area contributed by atoms with Gasteiger partial charge >= 0.3 is 0 Å². The average molecular weight is 205 g/mol. The molecule has 3 nitrogen and oxygen atoms in total. The van der Waals surface area contributed by atoms with Crippen molar-refractivity contribution in [1.29, 1.82) is 0 Å². The summed E-state index contributed by atoms with van der Waals surface area (Å²) in [7, 11) is 0. The van der Waals surface area contributed by atoms with Gasteiger partial charge in [0, 0.05) is 17.5 Å². The van der Waals surface area contributed by atoms with Gasteiger partial charge in [0.05, 0.1) is 0 Å². The van der Waals surface area contributed by atoms with Crippen molar-refractivity contribution in [3.63, 3.8) is 0 Å². The Morgan fingerprint density at radius 2 is 2.13 bits per heavy atom. The van der Waals surface area contributed by atoms with E-state index in [0.29, 0.717) is 24.3 Å². The lowest BCUT2D eigenvalue weighted by molar-refractivity contribution is 0.635. The number of rotatable bonds is 2. The van der Waals surface area contributed by atoms with Crippen LogP contribution >= 0.6 is 0 Å². The first-order valence-corrected chi connectivity index (χ1v) is 4.84. The second-order valence-electron chi connectivity index (χ2n) is 3.40. The molecule has 1 heterocycles. The van der Waals surface area contributed by atoms with E-state index in [1.54, 1.807) is 6.07 Å². The average Bonchev–Trinajstić information content (AvgIpc) is 2.20. The van der Waals surface area contributed by atoms with E-state index in [9.17, 15) is 4.39 Å². The summed E-state index contributed by atoms with van der Waals surface area (Å²) in [6.07, 6.45) is 0.575. The molecule has 0 aliphatic rings. The molecule has 0 aliphatic heterocycles. The third-order valence-electron chi connectivity index (χ3n) is 2.28. The van der Waals surface area contributed by atoms with Crippen LogP contribution in [0.15, 0.2) is 18.2 Å². The van der Waals surface area contributed by atoms with E-state index < -0.39 is 0 Å². The SMILES string of the molecule is Cc1nc(CCN)nc2c(F)cccc12. The van der Waals surface area contributed by atoms with Gasteiger partial charge in [-0.25, -0.2) is 14.4 Å². The molecular formula is C11H12FN3. The highest BCUT2D eigenvalue weighted by atomic mass is 19.1. The summed E-state index contributed by atoms with van der Waals surface area (Å²) in [5.41, 5.74) is 6.60. The largest absolute Gasteiger partial charge is 0.330 e. The zero-order chi connectivity index (χ0) is 10.8. The maximum Gasteiger partial charge on any atom is 0.149 e. The molecule has 78 valence electrons. The zero-order valence-electron chi connectivity index (χ0n) is 8.50. The molecule has 0 saturated carbocycles. The van der Waals surface area contributed by atoms with Crippen LogP contribution in [-0.4, -0.2) is 16.5 Å². The van der Waals surface area contributed by atoms with Crippen LogP contribution in [-0.2, 0) is 6.42 Å². The molecule has 0 spiro atoms. The minimum atomic E-state index is -0.309. The van der Waals surface area contributed by atoms with Crippen molar-refractivity contribution in [3.8, 4) is 0 Å². The highest BCUT2D eigenvalue weighted by molar-refractivity contribution is 5.81. The third-order valence-corrected chi connectivity index (χ3v) is 2.28. The van der Waals surface area contributed by atoms with Gasteiger partial charge in [0.25, 0.3) is 0 Å². The summed E-state index contributed by atoms with van der Waals surface area (Å²) in [5.74, 6) is 0.295. The number of benzene rings is 1. The lowest BCUT2D eigenvalue weighted by Gasteiger charge is -2.04. The highest BCUT2D eigenvalue weighted by Crippen LogP contribution is 2.18. The van der Waals surface area contributed by atoms with Crippen LogP contribution < -0.4 is 5.73 Å². The van der Waals surface area contributed by atoms with Gasteiger partial charge in [0.2, 0.25) is 0 Å². The Hall–Kier alpha value is -1.55. The van der Waals surface area contributed by atoms with Gasteiger partial charge < -0.3 is 5.73 Å². The number of aromatic nitrogens is 2. The van der Waals surface area contributed by atoms with Crippen LogP contribution in [0, 0.1) is 12.7 Å². The number of hydrogen-bond donors (Lipinski definition) is 1. The highest BCUT2D eigenvalue weighted by Gasteiger charge is 2.07. The molecule has 0 radical (unpaired) electrons. The maximum absolute atomic E-state index is 13.5. The van der Waals surface area contributed by atoms with Crippen molar-refractivity contribution in [2.45, 2.75) is 13.3 Å². The van der Waals surface area contributed by atoms with Gasteiger partial charge in [-0.15, -0.1) is 0 Å². The molecule has 0 atom stereocenters. The maximum atomic E-state index is 13.5. The van der Waals surface area contributed by atoms with Crippen LogP contribution in [0.1, 0.15) is 11.5 Å². The fraction of sp³-hybridized carbons (Fsp3) is 0.273. The predicted molar refractivity (Wildman–Crippen MR) is 57.0 cm³/mol. The molecule has 0 saturated heterocycles. The molecular weight excluding hydrogens is 193 g/mol. The summed E-state index contributed by atoms with van der Waals surface area (Å²) in [4.78, 5) is 8.43. The zero-order valence-corrected chi connectivity index (χ0v) is 8.50. The number of hydrogen-bond acceptors (Lipinski definition) is 3. The van der Waals surface area contributed by atoms with Crippen LogP contribution in [0.3, 0.4) is 0 Å². The topological polar surface area (TPSA) is 51.8 Å². The van der Waals surface area contributed by atoms with Gasteiger partial charge in [-0.3, -0.25) is 0 Å². The Bertz CT molecular complexity index is 496. The monoisotopic (exact) mass is 205 g/mol. The van der Waals surface area contributed by atoms with Crippen molar-refractivity contribution in [3.05, 3.63) is 35.5 Å². The molecule has 2 aromatic rings. The fourth-order valence-electron chi connectivity index (χ4n) is 1.57. The van der Waals surface area contributed by atoms with E-state index >= 15 is 0 Å². The molecule has 0 aliphatic carbocycles. The number of fused-ring (bicyclic) bond motifs is 1. The molecule has 15 heavy (non-hydrogen) atoms. The fourth-order valence-corrected chi connectivity index (χ4v) is 1.57. The molecule has 1 aromatic heterocycles. The van der Waals surface area contributed by atoms with Crippen molar-refractivity contribution < 1.29 is 4.39 Å². The van der Waals surface area contributed by atoms with E-state index in [1.807, 2.05) is 13.0 Å². The van der Waals surface area contributed by atoms with E-state index in [4.69, 9.17) is 5.73 Å². The molecule has 0 fully saturated rings. The number of nitrogens with zero attached hydrogens (tertiary/aromatic N) is 2. The number of aryl methyl sites for hydroxylation is 1. The van der Waals surface area contributed by atoms with E-state index in [0.717, 1.165) is 11.1 Å². The Balaban J connectivity index is 2.68. The van der Waals surface area contributed by atoms with E-state index in [1.165, 1.54) is 6.07 Å². The molecule has 2 rings (SSSR count). The van der Waals surface area contributed by atoms with Crippen molar-refractivity contribution in [2.24, 2.45) is 5.73 Å². The lowest BCUT2D eigenvalue weighted by atomic mass is 10.2. The Morgan fingerprint density at radius 1 is 1.33 bits per heavy atom. The summed E-state index contributed by atoms with van der Waals surface area (Å²) in [5, 5.41) is 0.760. The summed E-state index contributed by atoms with van der Waals surface area (Å²) in [6.45, 7) is 2.32. The standard InChI is InChI=1S/C11H12FN3/c1-7-8-3-2-4-9(12)11(8)15-10(14-7)5-6-13/h2-4H,5-6,13H2,1H3. The number of halogens is 1. The van der Waals surface area contributed by atoms with Gasteiger partial charge in [-0.1, -0.05) is 12.1 Å². The summed E-state index contributed by atoms with van der Waals surface area (Å²) < 4.78 is 13.5. The molecule has 0 amide bonds. The normalized spacial score (nSPS) is 10.9. The summed E-state index contributed by atoms with van der Waals surface area (Å²) in [6, 6.07) is 4.89. The van der Waals surface area contributed by atoms with Gasteiger partial charge in [-0.05, 0) is 19.5 Å². The Labute approximate surface area is 87.2 Å². The molecule has 4 heteroatoms. The second kappa shape index (κ2) is 3.90. The van der Waals surface area contributed by atoms with Crippen LogP contribution in [0.5, 0.6) is 0 Å². The predicted octanol–water partition coefficient (Wildman–Crippen LogP) is 1.58. The first kappa shape index (κ1) is 9.98. The Kier molecular flexibility index (Phi) is 2.60. The van der Waals surface area contributed by atoms with Crippen LogP contribution in [0.25, 0.3) is 10.9 Å². The van der Waals surface area contributed by atoms with Gasteiger partial charge in [0.1, 0.15) is 17.2 Å². The third kappa shape index (κ3) is 1.80.